The van der Waals surface area contributed by atoms with Crippen molar-refractivity contribution in [2.75, 3.05) is 33.4 Å². The average Bonchev–Trinajstić information content (AvgIpc) is 1.82. The van der Waals surface area contributed by atoms with Crippen molar-refractivity contribution in [1.82, 2.24) is 58.5 Å². The Labute approximate surface area is 546 Å². The van der Waals surface area contributed by atoms with E-state index in [0.29, 0.717) is 19.3 Å². The number of carbonyl (C=O) groups excluding carboxylic acids is 11. The number of amides is 10. The van der Waals surface area contributed by atoms with Gasteiger partial charge in [-0.05, 0) is 87.6 Å². The fourth-order valence-electron chi connectivity index (χ4n) is 9.89. The number of likely N-dealkylation sites (N-methyl/N-ethyl adjacent to an activating group) is 1. The van der Waals surface area contributed by atoms with Gasteiger partial charge in [-0.1, -0.05) is 125 Å². The Morgan fingerprint density at radius 1 is 0.559 bits per heavy atom. The predicted molar refractivity (Wildman–Crippen MR) is 349 cm³/mol. The smallest absolute Gasteiger partial charge is 0.329 e. The number of aliphatic imine (C=N–C) groups is 2. The summed E-state index contributed by atoms with van der Waals surface area (Å²) in [6, 6.07) is -6.01. The van der Waals surface area contributed by atoms with E-state index in [4.69, 9.17) is 27.7 Å². The van der Waals surface area contributed by atoms with Crippen molar-refractivity contribution >= 4 is 77.0 Å². The summed E-state index contributed by atoms with van der Waals surface area (Å²) < 4.78 is 5.80. The molecule has 1 aromatic carbocycles. The first-order valence-electron chi connectivity index (χ1n) is 32.2. The van der Waals surface area contributed by atoms with Crippen LogP contribution in [0.5, 0.6) is 0 Å². The third-order valence-corrected chi connectivity index (χ3v) is 16.6. The van der Waals surface area contributed by atoms with E-state index in [1.165, 1.54) is 6.92 Å². The third kappa shape index (κ3) is 27.1. The molecule has 0 unspecified atom stereocenters. The number of hydrogen-bond donors (Lipinski definition) is 17. The van der Waals surface area contributed by atoms with Gasteiger partial charge in [-0.15, -0.1) is 0 Å². The van der Waals surface area contributed by atoms with Crippen LogP contribution >= 0.6 is 0 Å². The minimum absolute atomic E-state index is 0.00513. The number of hydrogen-bond acceptors (Lipinski definition) is 17. The van der Waals surface area contributed by atoms with Gasteiger partial charge in [-0.25, -0.2) is 4.79 Å². The standard InChI is InChI=1S/C62H107N17O14/c1-13-33(7)45(76-52(84)41(67-12)29-38-22-18-17-19-23-38)56(88)73-43(30-80)54(86)70-40(25-21-27-69-62(65)66)51(83)75-47(35(9)15-3)58(90)77-46(34(8)14-2)57(89)74-44(31-81)55(87)79-49-37(11)93-60(92)48(36(10)16-4)78-53(85)42(28-32(5)6)72-50(82)39(71-59(49)91)24-20-26-68-61(63)64/h17-19,22-23,32-37,39-49,67,80-81H,13-16,20-21,24-31H2,1-12H3,(H,70,86)(H,71,91)(H,72,82)(H,73,88)(H,74,89)(H,75,83)(H,76,84)(H,77,90)(H,78,85)(H,79,87)(H4,63,64,68)(H4,65,66,69)/t33-,34-,35+,36-,37-,39-,40+,41+,42-,43-,44-,45-,46-,47+,48-,49+/m0/s1. The van der Waals surface area contributed by atoms with Crippen LogP contribution in [0.15, 0.2) is 40.3 Å². The van der Waals surface area contributed by atoms with Crippen LogP contribution in [-0.4, -0.2) is 193 Å². The third-order valence-electron chi connectivity index (χ3n) is 16.6. The Bertz CT molecular complexity index is 2680. The fraction of sp³-hybridized carbons (Fsp3) is 0.694. The lowest BCUT2D eigenvalue weighted by Crippen LogP contribution is -2.63. The van der Waals surface area contributed by atoms with Crippen molar-refractivity contribution < 1.29 is 67.7 Å². The molecule has 93 heavy (non-hydrogen) atoms. The van der Waals surface area contributed by atoms with Crippen molar-refractivity contribution in [3.8, 4) is 0 Å². The number of carbonyl (C=O) groups is 11. The van der Waals surface area contributed by atoms with Crippen molar-refractivity contribution in [3.63, 3.8) is 0 Å². The molecule has 1 aliphatic rings. The lowest BCUT2D eigenvalue weighted by atomic mass is 9.94. The molecule has 0 aliphatic carbocycles. The molecule has 524 valence electrons. The second-order valence-corrected chi connectivity index (χ2v) is 24.3. The number of guanidine groups is 2. The maximum atomic E-state index is 14.6. The number of cyclic esters (lactones) is 1. The van der Waals surface area contributed by atoms with Crippen LogP contribution in [0.25, 0.3) is 0 Å². The van der Waals surface area contributed by atoms with E-state index < -0.39 is 174 Å². The molecule has 1 saturated heterocycles. The summed E-state index contributed by atoms with van der Waals surface area (Å²) in [5, 5.41) is 50.4. The van der Waals surface area contributed by atoms with Gasteiger partial charge in [0.25, 0.3) is 0 Å². The number of rotatable bonds is 37. The fourth-order valence-corrected chi connectivity index (χ4v) is 9.89. The Hall–Kier alpha value is -8.19. The first kappa shape index (κ1) is 80.9. The Kier molecular flexibility index (Phi) is 36.0. The van der Waals surface area contributed by atoms with E-state index in [0.717, 1.165) is 5.56 Å². The average molecular weight is 1310 g/mol. The van der Waals surface area contributed by atoms with E-state index in [2.05, 4.69) is 68.5 Å². The quantitative estimate of drug-likeness (QED) is 0.0136. The Morgan fingerprint density at radius 3 is 1.47 bits per heavy atom. The summed E-state index contributed by atoms with van der Waals surface area (Å²) in [5.74, 6) is -12.5. The normalized spacial score (nSPS) is 20.6. The molecule has 31 heteroatoms. The van der Waals surface area contributed by atoms with Crippen LogP contribution in [0.3, 0.4) is 0 Å². The molecule has 1 heterocycles. The van der Waals surface area contributed by atoms with Crippen LogP contribution in [0.1, 0.15) is 140 Å². The summed E-state index contributed by atoms with van der Waals surface area (Å²) in [6.45, 7) is 16.7. The summed E-state index contributed by atoms with van der Waals surface area (Å²) in [6.07, 6.45) is 0.361. The predicted octanol–water partition coefficient (Wildman–Crippen LogP) is -3.07. The van der Waals surface area contributed by atoms with Gasteiger partial charge in [0.15, 0.2) is 11.9 Å². The van der Waals surface area contributed by atoms with Gasteiger partial charge in [0.2, 0.25) is 59.1 Å². The number of esters is 1. The topological polar surface area (TPSA) is 499 Å². The zero-order valence-electron chi connectivity index (χ0n) is 56.1. The van der Waals surface area contributed by atoms with Crippen LogP contribution in [-0.2, 0) is 63.9 Å². The number of nitrogens with two attached hydrogens (primary N) is 4. The minimum Gasteiger partial charge on any atom is -0.458 e. The van der Waals surface area contributed by atoms with Gasteiger partial charge in [0.05, 0.1) is 19.3 Å². The van der Waals surface area contributed by atoms with Gasteiger partial charge in [0, 0.05) is 13.1 Å². The second kappa shape index (κ2) is 41.4. The van der Waals surface area contributed by atoms with Crippen molar-refractivity contribution in [2.45, 2.75) is 213 Å². The van der Waals surface area contributed by atoms with Crippen molar-refractivity contribution in [2.24, 2.45) is 62.5 Å². The van der Waals surface area contributed by atoms with Crippen LogP contribution in [0.4, 0.5) is 0 Å². The Balaban J connectivity index is 2.51. The van der Waals surface area contributed by atoms with Gasteiger partial charge in [-0.2, -0.15) is 0 Å². The zero-order valence-corrected chi connectivity index (χ0v) is 56.1. The minimum atomic E-state index is -1.83. The first-order valence-corrected chi connectivity index (χ1v) is 32.2. The van der Waals surface area contributed by atoms with E-state index in [-0.39, 0.29) is 75.9 Å². The molecule has 0 radical (unpaired) electrons. The molecule has 0 bridgehead atoms. The SMILES string of the molecule is CC[C@@H](C)[C@@H](NC(=O)[C@@H](CCCN=C(N)N)NC(=O)[C@H](CO)NC(=O)[C@@H](NC(=O)[C@@H](Cc1ccccc1)NC)[C@@H](C)CC)C(=O)N[C@H](C(=O)N[C@@H](CO)C(=O)N[C@H]1C(=O)N[C@@H](CCCN=C(N)N)C(=O)N[C@@H](CC(C)C)C(=O)N[C@@H]([C@@H](C)CC)C(=O)O[C@H]1C)[C@@H](C)CC. The number of benzene rings is 1. The second-order valence-electron chi connectivity index (χ2n) is 24.3. The lowest BCUT2D eigenvalue weighted by Gasteiger charge is -2.31. The van der Waals surface area contributed by atoms with Gasteiger partial charge in [0.1, 0.15) is 66.5 Å². The number of aliphatic hydroxyl groups is 2. The van der Waals surface area contributed by atoms with E-state index >= 15 is 0 Å². The summed E-state index contributed by atoms with van der Waals surface area (Å²) in [4.78, 5) is 164. The molecule has 0 spiro atoms. The molecule has 0 aromatic heterocycles. The monoisotopic (exact) mass is 1310 g/mol. The van der Waals surface area contributed by atoms with E-state index in [9.17, 15) is 63.0 Å². The number of nitrogens with zero attached hydrogens (tertiary/aromatic N) is 2. The van der Waals surface area contributed by atoms with Crippen LogP contribution in [0.2, 0.25) is 0 Å². The lowest BCUT2D eigenvalue weighted by molar-refractivity contribution is -0.157. The molecule has 21 N–H and O–H groups in total. The largest absolute Gasteiger partial charge is 0.458 e. The van der Waals surface area contributed by atoms with E-state index in [1.807, 2.05) is 51.1 Å². The molecule has 1 aromatic rings. The van der Waals surface area contributed by atoms with Crippen molar-refractivity contribution in [1.29, 1.82) is 0 Å². The van der Waals surface area contributed by atoms with Crippen molar-refractivity contribution in [3.05, 3.63) is 35.9 Å². The van der Waals surface area contributed by atoms with Gasteiger partial charge < -0.3 is 96.4 Å². The summed E-state index contributed by atoms with van der Waals surface area (Å²) in [7, 11) is 1.61. The molecule has 2 rings (SSSR count). The molecule has 16 atom stereocenters. The Morgan fingerprint density at radius 2 is 1.00 bits per heavy atom. The zero-order chi connectivity index (χ0) is 70.2. The first-order chi connectivity index (χ1) is 43.9. The molecule has 0 saturated carbocycles. The van der Waals surface area contributed by atoms with Gasteiger partial charge >= 0.3 is 5.97 Å². The summed E-state index contributed by atoms with van der Waals surface area (Å²) >= 11 is 0. The summed E-state index contributed by atoms with van der Waals surface area (Å²) in [5.41, 5.74) is 23.0. The highest BCUT2D eigenvalue weighted by atomic mass is 16.5. The highest BCUT2D eigenvalue weighted by Crippen LogP contribution is 2.18. The maximum Gasteiger partial charge on any atom is 0.329 e. The highest BCUT2D eigenvalue weighted by Gasteiger charge is 2.41. The number of ether oxygens (including phenoxy) is 1. The molecule has 1 fully saturated rings. The van der Waals surface area contributed by atoms with Crippen LogP contribution in [0, 0.1) is 29.6 Å². The number of nitrogens with one attached hydrogen (secondary N) is 11. The number of aliphatic hydroxyl groups excluding tert-OH is 2. The van der Waals surface area contributed by atoms with Crippen LogP contribution < -0.4 is 81.4 Å². The van der Waals surface area contributed by atoms with Gasteiger partial charge in [-0.3, -0.25) is 57.9 Å². The highest BCUT2D eigenvalue weighted by molar-refractivity contribution is 5.99. The molecule has 1 aliphatic heterocycles. The molecular weight excluding hydrogens is 1210 g/mol. The molecular formula is C62H107N17O14. The molecule has 10 amide bonds. The van der Waals surface area contributed by atoms with E-state index in [1.54, 1.807) is 55.5 Å². The maximum absolute atomic E-state index is 14.6. The molecule has 31 nitrogen and oxygen atoms in total.